The number of aryl methyl sites for hydroxylation is 1. The zero-order valence-corrected chi connectivity index (χ0v) is 9.81. The van der Waals surface area contributed by atoms with Crippen LogP contribution in [0.25, 0.3) is 0 Å². The minimum atomic E-state index is -0.161. The van der Waals surface area contributed by atoms with Crippen LogP contribution in [-0.4, -0.2) is 6.54 Å². The van der Waals surface area contributed by atoms with Crippen LogP contribution in [0.2, 0.25) is 0 Å². The summed E-state index contributed by atoms with van der Waals surface area (Å²) in [6, 6.07) is 4.96. The van der Waals surface area contributed by atoms with Crippen molar-refractivity contribution >= 4 is 0 Å². The van der Waals surface area contributed by atoms with E-state index < -0.39 is 0 Å². The standard InChI is InChI=1S/C13H20FN/c1-4-13(3,9-15)8-11-7-12(14)6-5-10(11)2/h5-7H,4,8-9,15H2,1-3H3. The molecule has 0 saturated heterocycles. The Kier molecular flexibility index (Phi) is 3.86. The Bertz CT molecular complexity index is 329. The maximum Gasteiger partial charge on any atom is 0.123 e. The van der Waals surface area contributed by atoms with Crippen LogP contribution in [0.3, 0.4) is 0 Å². The molecule has 0 spiro atoms. The van der Waals surface area contributed by atoms with E-state index in [0.717, 1.165) is 24.0 Å². The molecule has 0 bridgehead atoms. The van der Waals surface area contributed by atoms with Gasteiger partial charge in [-0.15, -0.1) is 0 Å². The Hall–Kier alpha value is -0.890. The molecule has 0 fully saturated rings. The van der Waals surface area contributed by atoms with E-state index >= 15 is 0 Å². The van der Waals surface area contributed by atoms with Gasteiger partial charge in [0.1, 0.15) is 5.82 Å². The first-order chi connectivity index (χ1) is 7.00. The lowest BCUT2D eigenvalue weighted by Gasteiger charge is -2.27. The Morgan fingerprint density at radius 1 is 1.40 bits per heavy atom. The molecule has 0 radical (unpaired) electrons. The highest BCUT2D eigenvalue weighted by molar-refractivity contribution is 5.27. The van der Waals surface area contributed by atoms with Gasteiger partial charge in [0.25, 0.3) is 0 Å². The molecule has 0 heterocycles. The zero-order chi connectivity index (χ0) is 11.5. The molecule has 0 saturated carbocycles. The fourth-order valence-corrected chi connectivity index (χ4v) is 1.63. The van der Waals surface area contributed by atoms with Crippen molar-refractivity contribution in [2.75, 3.05) is 6.54 Å². The molecule has 0 aliphatic rings. The van der Waals surface area contributed by atoms with Crippen LogP contribution in [-0.2, 0) is 6.42 Å². The van der Waals surface area contributed by atoms with Crippen molar-refractivity contribution in [3.05, 3.63) is 35.1 Å². The topological polar surface area (TPSA) is 26.0 Å². The van der Waals surface area contributed by atoms with Crippen LogP contribution >= 0.6 is 0 Å². The molecule has 0 amide bonds. The summed E-state index contributed by atoms with van der Waals surface area (Å²) in [6.07, 6.45) is 1.86. The first kappa shape index (κ1) is 12.2. The largest absolute Gasteiger partial charge is 0.330 e. The first-order valence-electron chi connectivity index (χ1n) is 5.46. The van der Waals surface area contributed by atoms with Crippen molar-refractivity contribution in [3.8, 4) is 0 Å². The third-order valence-corrected chi connectivity index (χ3v) is 3.27. The Morgan fingerprint density at radius 3 is 2.60 bits per heavy atom. The van der Waals surface area contributed by atoms with E-state index in [1.807, 2.05) is 13.0 Å². The summed E-state index contributed by atoms with van der Waals surface area (Å²) in [5.74, 6) is -0.161. The highest BCUT2D eigenvalue weighted by Gasteiger charge is 2.21. The molecule has 1 nitrogen and oxygen atoms in total. The fraction of sp³-hybridized carbons (Fsp3) is 0.538. The smallest absolute Gasteiger partial charge is 0.123 e. The average Bonchev–Trinajstić information content (AvgIpc) is 2.23. The van der Waals surface area contributed by atoms with E-state index in [1.165, 1.54) is 6.07 Å². The van der Waals surface area contributed by atoms with Crippen molar-refractivity contribution < 1.29 is 4.39 Å². The Balaban J connectivity index is 2.92. The maximum absolute atomic E-state index is 13.1. The zero-order valence-electron chi connectivity index (χ0n) is 9.81. The number of hydrogen-bond donors (Lipinski definition) is 1. The number of hydrogen-bond acceptors (Lipinski definition) is 1. The van der Waals surface area contributed by atoms with Gasteiger partial charge >= 0.3 is 0 Å². The second-order valence-corrected chi connectivity index (χ2v) is 4.62. The summed E-state index contributed by atoms with van der Waals surface area (Å²) in [5, 5.41) is 0. The minimum absolute atomic E-state index is 0.0819. The van der Waals surface area contributed by atoms with Gasteiger partial charge in [-0.1, -0.05) is 19.9 Å². The van der Waals surface area contributed by atoms with E-state index in [4.69, 9.17) is 5.73 Å². The fourth-order valence-electron chi connectivity index (χ4n) is 1.63. The molecule has 1 unspecified atom stereocenters. The van der Waals surface area contributed by atoms with E-state index in [0.29, 0.717) is 6.54 Å². The summed E-state index contributed by atoms with van der Waals surface area (Å²) in [4.78, 5) is 0. The predicted octanol–water partition coefficient (Wildman–Crippen LogP) is 3.05. The van der Waals surface area contributed by atoms with Gasteiger partial charge in [0.15, 0.2) is 0 Å². The number of halogens is 1. The molecule has 15 heavy (non-hydrogen) atoms. The van der Waals surface area contributed by atoms with Crippen LogP contribution in [0.1, 0.15) is 31.4 Å². The average molecular weight is 209 g/mol. The summed E-state index contributed by atoms with van der Waals surface area (Å²) in [6.45, 7) is 6.93. The highest BCUT2D eigenvalue weighted by atomic mass is 19.1. The number of rotatable bonds is 4. The quantitative estimate of drug-likeness (QED) is 0.810. The molecule has 1 rings (SSSR count). The third-order valence-electron chi connectivity index (χ3n) is 3.27. The highest BCUT2D eigenvalue weighted by Crippen LogP contribution is 2.26. The van der Waals surface area contributed by atoms with Gasteiger partial charge in [0.05, 0.1) is 0 Å². The predicted molar refractivity (Wildman–Crippen MR) is 62.3 cm³/mol. The SMILES string of the molecule is CCC(C)(CN)Cc1cc(F)ccc1C. The van der Waals surface area contributed by atoms with E-state index in [1.54, 1.807) is 6.07 Å². The van der Waals surface area contributed by atoms with Crippen molar-refractivity contribution in [3.63, 3.8) is 0 Å². The molecule has 0 aromatic heterocycles. The molecule has 0 aliphatic heterocycles. The lowest BCUT2D eigenvalue weighted by atomic mass is 9.80. The lowest BCUT2D eigenvalue weighted by molar-refractivity contribution is 0.319. The van der Waals surface area contributed by atoms with Gasteiger partial charge < -0.3 is 5.73 Å². The van der Waals surface area contributed by atoms with Crippen LogP contribution in [0.4, 0.5) is 4.39 Å². The molecule has 2 N–H and O–H groups in total. The molecule has 1 atom stereocenters. The molecule has 1 aromatic rings. The second-order valence-electron chi connectivity index (χ2n) is 4.62. The van der Waals surface area contributed by atoms with E-state index in [2.05, 4.69) is 13.8 Å². The van der Waals surface area contributed by atoms with Gasteiger partial charge in [-0.2, -0.15) is 0 Å². The van der Waals surface area contributed by atoms with Gasteiger partial charge in [-0.05, 0) is 55.0 Å². The third kappa shape index (κ3) is 3.03. The van der Waals surface area contributed by atoms with Crippen molar-refractivity contribution in [2.45, 2.75) is 33.6 Å². The van der Waals surface area contributed by atoms with Gasteiger partial charge in [-0.3, -0.25) is 0 Å². The van der Waals surface area contributed by atoms with E-state index in [-0.39, 0.29) is 11.2 Å². The van der Waals surface area contributed by atoms with E-state index in [9.17, 15) is 4.39 Å². The normalized spacial score (nSPS) is 15.0. The Labute approximate surface area is 91.5 Å². The van der Waals surface area contributed by atoms with Crippen molar-refractivity contribution in [2.24, 2.45) is 11.1 Å². The minimum Gasteiger partial charge on any atom is -0.330 e. The molecule has 1 aromatic carbocycles. The lowest BCUT2D eigenvalue weighted by Crippen LogP contribution is -2.29. The molecule has 0 aliphatic carbocycles. The molecule has 2 heteroatoms. The van der Waals surface area contributed by atoms with Gasteiger partial charge in [0, 0.05) is 0 Å². The van der Waals surface area contributed by atoms with Gasteiger partial charge in [-0.25, -0.2) is 4.39 Å². The summed E-state index contributed by atoms with van der Waals surface area (Å²) in [7, 11) is 0. The second kappa shape index (κ2) is 4.75. The molecular formula is C13H20FN. The monoisotopic (exact) mass is 209 g/mol. The summed E-state index contributed by atoms with van der Waals surface area (Å²) >= 11 is 0. The molecular weight excluding hydrogens is 189 g/mol. The van der Waals surface area contributed by atoms with Crippen molar-refractivity contribution in [1.29, 1.82) is 0 Å². The van der Waals surface area contributed by atoms with Crippen LogP contribution in [0.5, 0.6) is 0 Å². The van der Waals surface area contributed by atoms with Crippen LogP contribution < -0.4 is 5.73 Å². The number of benzene rings is 1. The van der Waals surface area contributed by atoms with Crippen LogP contribution in [0, 0.1) is 18.2 Å². The molecule has 84 valence electrons. The summed E-state index contributed by atoms with van der Waals surface area (Å²) in [5.41, 5.74) is 8.06. The van der Waals surface area contributed by atoms with Gasteiger partial charge in [0.2, 0.25) is 0 Å². The first-order valence-corrected chi connectivity index (χ1v) is 5.46. The number of nitrogens with two attached hydrogens (primary N) is 1. The van der Waals surface area contributed by atoms with Crippen LogP contribution in [0.15, 0.2) is 18.2 Å². The summed E-state index contributed by atoms with van der Waals surface area (Å²) < 4.78 is 13.1. The maximum atomic E-state index is 13.1. The van der Waals surface area contributed by atoms with Crippen molar-refractivity contribution in [1.82, 2.24) is 0 Å². The Morgan fingerprint density at radius 2 is 2.07 bits per heavy atom.